The molecule has 1 aliphatic heterocycles. The van der Waals surface area contributed by atoms with Crippen molar-refractivity contribution in [2.45, 2.75) is 44.9 Å². The first kappa shape index (κ1) is 13.6. The van der Waals surface area contributed by atoms with Crippen LogP contribution in [0.5, 0.6) is 0 Å². The molecule has 20 heavy (non-hydrogen) atoms. The smallest absolute Gasteiger partial charge is 0.123 e. The van der Waals surface area contributed by atoms with Gasteiger partial charge in [-0.1, -0.05) is 0 Å². The lowest BCUT2D eigenvalue weighted by atomic mass is 9.99. The highest BCUT2D eigenvalue weighted by Crippen LogP contribution is 2.26. The fraction of sp³-hybridized carbons (Fsp3) is 0.438. The highest BCUT2D eigenvalue weighted by Gasteiger charge is 2.24. The van der Waals surface area contributed by atoms with Crippen molar-refractivity contribution in [3.63, 3.8) is 0 Å². The number of hydrogen-bond donors (Lipinski definition) is 1. The lowest BCUT2D eigenvalue weighted by Gasteiger charge is -2.33. The molecule has 1 saturated heterocycles. The third-order valence-electron chi connectivity index (χ3n) is 3.63. The van der Waals surface area contributed by atoms with Gasteiger partial charge in [-0.25, -0.2) is 4.98 Å². The normalized spacial score (nSPS) is 26.4. The number of nitrogens with zero attached hydrogens (tertiary/aromatic N) is 1. The number of thiazole rings is 1. The van der Waals surface area contributed by atoms with E-state index < -0.39 is 0 Å². The maximum absolute atomic E-state index is 5.78. The van der Waals surface area contributed by atoms with Crippen molar-refractivity contribution >= 4 is 17.0 Å². The van der Waals surface area contributed by atoms with Gasteiger partial charge in [0.25, 0.3) is 0 Å². The minimum Gasteiger partial charge on any atom is -0.382 e. The lowest BCUT2D eigenvalue weighted by molar-refractivity contribution is -0.0337. The average Bonchev–Trinajstić information content (AvgIpc) is 2.92. The Morgan fingerprint density at radius 2 is 1.85 bits per heavy atom. The second-order valence-electron chi connectivity index (χ2n) is 5.48. The van der Waals surface area contributed by atoms with Gasteiger partial charge >= 0.3 is 0 Å². The van der Waals surface area contributed by atoms with Crippen LogP contribution < -0.4 is 5.32 Å². The molecule has 0 radical (unpaired) electrons. The number of hydrogen-bond acceptors (Lipinski definition) is 4. The fourth-order valence-electron chi connectivity index (χ4n) is 2.83. The van der Waals surface area contributed by atoms with E-state index in [1.165, 1.54) is 11.3 Å². The van der Waals surface area contributed by atoms with Gasteiger partial charge in [0.1, 0.15) is 5.01 Å². The number of ether oxygens (including phenoxy) is 1. The molecule has 3 rings (SSSR count). The zero-order valence-electron chi connectivity index (χ0n) is 11.9. The summed E-state index contributed by atoms with van der Waals surface area (Å²) in [5, 5.41) is 6.70. The van der Waals surface area contributed by atoms with Crippen LogP contribution in [-0.2, 0) is 4.74 Å². The molecule has 2 atom stereocenters. The number of aromatic nitrogens is 1. The van der Waals surface area contributed by atoms with Gasteiger partial charge in [0.2, 0.25) is 0 Å². The van der Waals surface area contributed by atoms with Crippen LogP contribution in [0.25, 0.3) is 10.6 Å². The molecule has 2 aromatic rings. The van der Waals surface area contributed by atoms with Gasteiger partial charge < -0.3 is 10.1 Å². The monoisotopic (exact) mass is 288 g/mol. The summed E-state index contributed by atoms with van der Waals surface area (Å²) in [6.45, 7) is 4.30. The zero-order valence-corrected chi connectivity index (χ0v) is 12.7. The fourth-order valence-corrected chi connectivity index (χ4v) is 3.48. The Hall–Kier alpha value is -1.39. The van der Waals surface area contributed by atoms with E-state index in [2.05, 4.69) is 48.4 Å². The van der Waals surface area contributed by atoms with Gasteiger partial charge in [-0.2, -0.15) is 0 Å². The molecule has 1 aromatic heterocycles. The second-order valence-corrected chi connectivity index (χ2v) is 6.38. The number of nitrogens with one attached hydrogen (secondary N) is 1. The molecule has 106 valence electrons. The van der Waals surface area contributed by atoms with Gasteiger partial charge in [0.05, 0.1) is 12.2 Å². The Labute approximate surface area is 124 Å². The first-order valence-electron chi connectivity index (χ1n) is 7.12. The summed E-state index contributed by atoms with van der Waals surface area (Å²) in [4.78, 5) is 4.33. The highest BCUT2D eigenvalue weighted by molar-refractivity contribution is 7.13. The van der Waals surface area contributed by atoms with Crippen molar-refractivity contribution in [3.8, 4) is 10.6 Å². The molecule has 1 fully saturated rings. The Morgan fingerprint density at radius 1 is 1.15 bits per heavy atom. The van der Waals surface area contributed by atoms with Crippen molar-refractivity contribution < 1.29 is 4.74 Å². The van der Waals surface area contributed by atoms with Crippen LogP contribution in [0, 0.1) is 0 Å². The number of benzene rings is 1. The van der Waals surface area contributed by atoms with Crippen molar-refractivity contribution in [2.24, 2.45) is 0 Å². The van der Waals surface area contributed by atoms with Crippen LogP contribution in [0.2, 0.25) is 0 Å². The Morgan fingerprint density at radius 3 is 2.45 bits per heavy atom. The molecule has 3 nitrogen and oxygen atoms in total. The van der Waals surface area contributed by atoms with E-state index in [1.807, 2.05) is 11.6 Å². The summed E-state index contributed by atoms with van der Waals surface area (Å²) in [7, 11) is 0. The van der Waals surface area contributed by atoms with Crippen molar-refractivity contribution in [1.82, 2.24) is 4.98 Å². The summed E-state index contributed by atoms with van der Waals surface area (Å²) in [6.07, 6.45) is 4.66. The molecule has 0 aliphatic carbocycles. The van der Waals surface area contributed by atoms with Gasteiger partial charge in [0, 0.05) is 28.9 Å². The molecule has 2 heterocycles. The van der Waals surface area contributed by atoms with Crippen molar-refractivity contribution in [1.29, 1.82) is 0 Å². The summed E-state index contributed by atoms with van der Waals surface area (Å²) in [5.41, 5.74) is 2.36. The van der Waals surface area contributed by atoms with E-state index in [4.69, 9.17) is 4.74 Å². The molecular weight excluding hydrogens is 268 g/mol. The van der Waals surface area contributed by atoms with Gasteiger partial charge in [-0.05, 0) is 51.0 Å². The van der Waals surface area contributed by atoms with Crippen LogP contribution >= 0.6 is 11.3 Å². The lowest BCUT2D eigenvalue weighted by Crippen LogP contribution is -2.36. The van der Waals surface area contributed by atoms with E-state index in [1.54, 1.807) is 11.3 Å². The maximum atomic E-state index is 5.78. The quantitative estimate of drug-likeness (QED) is 0.920. The van der Waals surface area contributed by atoms with E-state index in [-0.39, 0.29) is 0 Å². The molecule has 0 saturated carbocycles. The van der Waals surface area contributed by atoms with Crippen LogP contribution in [0.3, 0.4) is 0 Å². The standard InChI is InChI=1S/C16H20N2OS/c1-11-9-15(10-12(2)19-11)18-14-5-3-13(4-6-14)16-17-7-8-20-16/h3-8,11-12,15,18H,9-10H2,1-2H3. The molecule has 1 N–H and O–H groups in total. The van der Waals surface area contributed by atoms with Crippen molar-refractivity contribution in [2.75, 3.05) is 5.32 Å². The summed E-state index contributed by atoms with van der Waals surface area (Å²) in [6, 6.07) is 9.04. The summed E-state index contributed by atoms with van der Waals surface area (Å²) < 4.78 is 5.78. The summed E-state index contributed by atoms with van der Waals surface area (Å²) >= 11 is 1.67. The molecule has 0 amide bonds. The molecule has 4 heteroatoms. The maximum Gasteiger partial charge on any atom is 0.123 e. The van der Waals surface area contributed by atoms with Gasteiger partial charge in [-0.3, -0.25) is 0 Å². The van der Waals surface area contributed by atoms with Gasteiger partial charge in [0.15, 0.2) is 0 Å². The molecule has 2 unspecified atom stereocenters. The predicted molar refractivity (Wildman–Crippen MR) is 84.2 cm³/mol. The van der Waals surface area contributed by atoms with E-state index >= 15 is 0 Å². The predicted octanol–water partition coefficient (Wildman–Crippen LogP) is 4.18. The molecule has 0 spiro atoms. The molecular formula is C16H20N2OS. The first-order valence-corrected chi connectivity index (χ1v) is 8.00. The van der Waals surface area contributed by atoms with Gasteiger partial charge in [-0.15, -0.1) is 11.3 Å². The van der Waals surface area contributed by atoms with E-state index in [0.717, 1.165) is 17.8 Å². The number of anilines is 1. The average molecular weight is 288 g/mol. The van der Waals surface area contributed by atoms with E-state index in [9.17, 15) is 0 Å². The van der Waals surface area contributed by atoms with Crippen LogP contribution in [0.4, 0.5) is 5.69 Å². The molecule has 1 aromatic carbocycles. The highest BCUT2D eigenvalue weighted by atomic mass is 32.1. The largest absolute Gasteiger partial charge is 0.382 e. The summed E-state index contributed by atoms with van der Waals surface area (Å²) in [5.74, 6) is 0. The Bertz CT molecular complexity index is 528. The Kier molecular flexibility index (Phi) is 4.03. The second kappa shape index (κ2) is 5.94. The third kappa shape index (κ3) is 3.19. The first-order chi connectivity index (χ1) is 9.70. The SMILES string of the molecule is CC1CC(Nc2ccc(-c3nccs3)cc2)CC(C)O1. The third-order valence-corrected chi connectivity index (χ3v) is 4.45. The molecule has 1 aliphatic rings. The van der Waals surface area contributed by atoms with Crippen molar-refractivity contribution in [3.05, 3.63) is 35.8 Å². The minimum atomic E-state index is 0.339. The zero-order chi connectivity index (χ0) is 13.9. The van der Waals surface area contributed by atoms with Crippen LogP contribution in [0.1, 0.15) is 26.7 Å². The minimum absolute atomic E-state index is 0.339. The topological polar surface area (TPSA) is 34.2 Å². The van der Waals surface area contributed by atoms with Crippen LogP contribution in [-0.4, -0.2) is 23.2 Å². The Balaban J connectivity index is 1.66. The number of rotatable bonds is 3. The van der Waals surface area contributed by atoms with E-state index in [0.29, 0.717) is 18.2 Å². The molecule has 0 bridgehead atoms. The van der Waals surface area contributed by atoms with Crippen LogP contribution in [0.15, 0.2) is 35.8 Å².